The Balaban J connectivity index is 0.853. The Morgan fingerprint density at radius 3 is 1.84 bits per heavy atom. The van der Waals surface area contributed by atoms with Crippen molar-refractivity contribution >= 4 is 88.3 Å². The first-order chi connectivity index (χ1) is 30.7. The van der Waals surface area contributed by atoms with Crippen LogP contribution in [0, 0.1) is 0 Å². The second kappa shape index (κ2) is 17.6. The number of anilines is 3. The molecule has 4 aromatic carbocycles. The SMILES string of the molecule is COc1cc2c(ccn2Cc2ccc(B(O)O)cc2)c(Nc2ncnc3c2ncn3Cc2ccc(B(O)OOB(O)c3ccc(Cn4cnc5ncnc(N)c54)cc3)cc2)c1OC. The van der Waals surface area contributed by atoms with Crippen molar-refractivity contribution in [2.24, 2.45) is 0 Å². The van der Waals surface area contributed by atoms with E-state index in [1.807, 2.05) is 63.9 Å². The van der Waals surface area contributed by atoms with Crippen LogP contribution in [0.3, 0.4) is 0 Å². The van der Waals surface area contributed by atoms with E-state index in [1.54, 1.807) is 63.3 Å². The van der Waals surface area contributed by atoms with Gasteiger partial charge in [0.05, 0.1) is 44.6 Å². The minimum atomic E-state index is -1.54. The predicted octanol–water partition coefficient (Wildman–Crippen LogP) is 1.11. The number of benzene rings is 4. The van der Waals surface area contributed by atoms with E-state index in [4.69, 9.17) is 24.8 Å². The number of nitrogens with two attached hydrogens (primary N) is 1. The monoisotopic (exact) mass is 845 g/mol. The Hall–Kier alpha value is -7.33. The van der Waals surface area contributed by atoms with Gasteiger partial charge >= 0.3 is 21.4 Å². The molecule has 0 amide bonds. The van der Waals surface area contributed by atoms with Crippen LogP contribution in [-0.4, -0.2) is 99.3 Å². The summed E-state index contributed by atoms with van der Waals surface area (Å²) in [5, 5.41) is 44.7. The summed E-state index contributed by atoms with van der Waals surface area (Å²) in [4.78, 5) is 36.5. The summed E-state index contributed by atoms with van der Waals surface area (Å²) < 4.78 is 17.4. The standard InChI is InChI=1S/C41H38B3N11O8/c1-60-33-17-32-31(15-16-53(32)18-25-3-9-28(10-4-25)42(56)57)34(37(33)61-2)52-39-35-41(49-22-47-39)55(23-50-35)20-27-7-13-30(14-8-27)44(59)63-62-43(58)29-11-5-26(6-12-29)19-54-24-51-40-36(54)38(45)46-21-48-40/h3-17,21-24,56-59H,18-20H2,1-2H3,(H2,45,46,48)(H,47,49,52). The summed E-state index contributed by atoms with van der Waals surface area (Å²) in [5.74, 6) is 1.78. The average Bonchev–Trinajstić information content (AvgIpc) is 4.04. The Morgan fingerprint density at radius 2 is 1.22 bits per heavy atom. The number of nitrogens with zero attached hydrogens (tertiary/aromatic N) is 9. The van der Waals surface area contributed by atoms with Crippen LogP contribution in [0.4, 0.5) is 17.3 Å². The maximum absolute atomic E-state index is 10.7. The van der Waals surface area contributed by atoms with E-state index in [2.05, 4.69) is 39.8 Å². The molecular weight excluding hydrogens is 807 g/mol. The molecule has 0 unspecified atom stereocenters. The van der Waals surface area contributed by atoms with Crippen LogP contribution in [-0.2, 0) is 29.2 Å². The van der Waals surface area contributed by atoms with Crippen LogP contribution >= 0.6 is 0 Å². The lowest BCUT2D eigenvalue weighted by Crippen LogP contribution is -2.40. The normalized spacial score (nSPS) is 11.4. The lowest BCUT2D eigenvalue weighted by molar-refractivity contribution is -0.133. The predicted molar refractivity (Wildman–Crippen MR) is 237 cm³/mol. The van der Waals surface area contributed by atoms with Crippen LogP contribution in [0.15, 0.2) is 116 Å². The van der Waals surface area contributed by atoms with Gasteiger partial charge in [0.1, 0.15) is 18.2 Å². The molecule has 0 aliphatic carbocycles. The number of nitrogen functional groups attached to an aromatic ring is 1. The molecule has 0 aliphatic heterocycles. The number of hydrogen-bond acceptors (Lipinski definition) is 16. The minimum Gasteiger partial charge on any atom is -0.493 e. The van der Waals surface area contributed by atoms with Gasteiger partial charge in [-0.1, -0.05) is 72.8 Å². The number of hydrogen-bond donors (Lipinski definition) is 6. The number of ether oxygens (including phenoxy) is 2. The van der Waals surface area contributed by atoms with Gasteiger partial charge in [0.15, 0.2) is 39.9 Å². The zero-order valence-electron chi connectivity index (χ0n) is 33.8. The van der Waals surface area contributed by atoms with Gasteiger partial charge in [-0.15, -0.1) is 0 Å². The molecule has 0 radical (unpaired) electrons. The fraction of sp³-hybridized carbons (Fsp3) is 0.122. The molecule has 5 aromatic heterocycles. The zero-order chi connectivity index (χ0) is 43.6. The highest BCUT2D eigenvalue weighted by atomic mass is 17.2. The first kappa shape index (κ1) is 41.0. The van der Waals surface area contributed by atoms with E-state index in [0.29, 0.717) is 87.2 Å². The number of rotatable bonds is 16. The highest BCUT2D eigenvalue weighted by Crippen LogP contribution is 2.44. The van der Waals surface area contributed by atoms with Crippen molar-refractivity contribution in [2.75, 3.05) is 25.3 Å². The third-order valence-corrected chi connectivity index (χ3v) is 10.6. The van der Waals surface area contributed by atoms with Crippen molar-refractivity contribution < 1.29 is 39.2 Å². The van der Waals surface area contributed by atoms with Gasteiger partial charge in [-0.2, -0.15) is 0 Å². The van der Waals surface area contributed by atoms with Gasteiger partial charge in [-0.25, -0.2) is 29.9 Å². The summed E-state index contributed by atoms with van der Waals surface area (Å²) in [6.07, 6.45) is 8.11. The Labute approximate surface area is 359 Å². The van der Waals surface area contributed by atoms with Crippen LogP contribution in [0.25, 0.3) is 33.2 Å². The molecule has 19 nitrogen and oxygen atoms in total. The molecule has 0 saturated heterocycles. The molecule has 9 aromatic rings. The van der Waals surface area contributed by atoms with Crippen molar-refractivity contribution in [3.05, 3.63) is 133 Å². The fourth-order valence-corrected chi connectivity index (χ4v) is 7.35. The number of imidazole rings is 2. The summed E-state index contributed by atoms with van der Waals surface area (Å²) in [7, 11) is -1.33. The third kappa shape index (κ3) is 8.36. The molecule has 7 N–H and O–H groups in total. The molecule has 0 spiro atoms. The van der Waals surface area contributed by atoms with Crippen LogP contribution < -0.4 is 36.9 Å². The third-order valence-electron chi connectivity index (χ3n) is 10.6. The Morgan fingerprint density at radius 1 is 0.635 bits per heavy atom. The smallest absolute Gasteiger partial charge is 0.493 e. The second-order valence-corrected chi connectivity index (χ2v) is 14.6. The largest absolute Gasteiger partial charge is 0.520 e. The Bertz CT molecular complexity index is 3040. The molecule has 9 rings (SSSR count). The van der Waals surface area contributed by atoms with Crippen molar-refractivity contribution in [1.29, 1.82) is 0 Å². The second-order valence-electron chi connectivity index (χ2n) is 14.6. The van der Waals surface area contributed by atoms with Crippen molar-refractivity contribution in [1.82, 2.24) is 43.6 Å². The molecule has 0 atom stereocenters. The van der Waals surface area contributed by atoms with Crippen molar-refractivity contribution in [3.8, 4) is 11.5 Å². The molecule has 0 fully saturated rings. The van der Waals surface area contributed by atoms with Gasteiger partial charge in [0.2, 0.25) is 0 Å². The van der Waals surface area contributed by atoms with E-state index in [9.17, 15) is 20.1 Å². The lowest BCUT2D eigenvalue weighted by atomic mass is 9.78. The van der Waals surface area contributed by atoms with Gasteiger partial charge in [0.25, 0.3) is 0 Å². The summed E-state index contributed by atoms with van der Waals surface area (Å²) in [6.45, 7) is 1.38. The van der Waals surface area contributed by atoms with Crippen LogP contribution in [0.5, 0.6) is 11.5 Å². The van der Waals surface area contributed by atoms with Gasteiger partial charge in [-0.05, 0) is 39.1 Å². The molecule has 22 heteroatoms. The Kier molecular flexibility index (Phi) is 11.5. The lowest BCUT2D eigenvalue weighted by Gasteiger charge is -2.17. The number of nitrogens with one attached hydrogen (secondary N) is 1. The zero-order valence-corrected chi connectivity index (χ0v) is 33.8. The van der Waals surface area contributed by atoms with Gasteiger partial charge < -0.3 is 54.3 Å². The average molecular weight is 845 g/mol. The number of methoxy groups -OCH3 is 2. The van der Waals surface area contributed by atoms with E-state index in [1.165, 1.54) is 12.7 Å². The highest BCUT2D eigenvalue weighted by molar-refractivity contribution is 6.62. The van der Waals surface area contributed by atoms with E-state index < -0.39 is 21.4 Å². The van der Waals surface area contributed by atoms with Crippen LogP contribution in [0.2, 0.25) is 0 Å². The molecular formula is C41H38B3N11O8. The van der Waals surface area contributed by atoms with Crippen molar-refractivity contribution in [3.63, 3.8) is 0 Å². The summed E-state index contributed by atoms with van der Waals surface area (Å²) in [5.41, 5.74) is 13.8. The van der Waals surface area contributed by atoms with Crippen LogP contribution in [0.1, 0.15) is 16.7 Å². The van der Waals surface area contributed by atoms with Gasteiger partial charge in [-0.3, -0.25) is 9.61 Å². The summed E-state index contributed by atoms with van der Waals surface area (Å²) in [6, 6.07) is 25.0. The van der Waals surface area contributed by atoms with E-state index >= 15 is 0 Å². The fourth-order valence-electron chi connectivity index (χ4n) is 7.35. The van der Waals surface area contributed by atoms with Gasteiger partial charge in [0, 0.05) is 30.7 Å². The molecule has 0 aliphatic rings. The summed E-state index contributed by atoms with van der Waals surface area (Å²) >= 11 is 0. The number of aromatic nitrogens is 9. The highest BCUT2D eigenvalue weighted by Gasteiger charge is 2.25. The molecule has 0 saturated carbocycles. The first-order valence-electron chi connectivity index (χ1n) is 19.6. The first-order valence-corrected chi connectivity index (χ1v) is 19.6. The number of fused-ring (bicyclic) bond motifs is 3. The van der Waals surface area contributed by atoms with Crippen molar-refractivity contribution in [2.45, 2.75) is 19.6 Å². The molecule has 0 bridgehead atoms. The maximum Gasteiger partial charge on any atom is 0.520 e. The molecule has 314 valence electrons. The molecule has 5 heterocycles. The molecule has 63 heavy (non-hydrogen) atoms. The quantitative estimate of drug-likeness (QED) is 0.0453. The van der Waals surface area contributed by atoms with E-state index in [0.717, 1.165) is 27.6 Å². The minimum absolute atomic E-state index is 0.334. The maximum atomic E-state index is 10.7. The topological polar surface area (TPSA) is 248 Å². The van der Waals surface area contributed by atoms with E-state index in [-0.39, 0.29) is 0 Å².